The van der Waals surface area contributed by atoms with E-state index in [0.29, 0.717) is 12.5 Å². The van der Waals surface area contributed by atoms with E-state index in [-0.39, 0.29) is 12.1 Å². The van der Waals surface area contributed by atoms with E-state index in [0.717, 1.165) is 54.9 Å². The van der Waals surface area contributed by atoms with Crippen LogP contribution in [-0.4, -0.2) is 46.9 Å². The number of aromatic nitrogens is 1. The summed E-state index contributed by atoms with van der Waals surface area (Å²) < 4.78 is 5.73. The Bertz CT molecular complexity index is 724. The SMILES string of the molecule is O[C@@H]1CCC[C@@H]1[C@H]1COCCN1Cc1ccc(Cl)c2cccnc12. The third-order valence-corrected chi connectivity index (χ3v) is 5.81. The van der Waals surface area contributed by atoms with E-state index in [2.05, 4.69) is 16.0 Å². The number of hydrogen-bond acceptors (Lipinski definition) is 4. The zero-order chi connectivity index (χ0) is 16.5. The quantitative estimate of drug-likeness (QED) is 0.926. The van der Waals surface area contributed by atoms with Crippen LogP contribution in [0.15, 0.2) is 30.5 Å². The molecule has 0 radical (unpaired) electrons. The zero-order valence-corrected chi connectivity index (χ0v) is 14.5. The summed E-state index contributed by atoms with van der Waals surface area (Å²) in [6.07, 6.45) is 4.74. The average Bonchev–Trinajstić information content (AvgIpc) is 3.04. The van der Waals surface area contributed by atoms with Crippen molar-refractivity contribution < 1.29 is 9.84 Å². The van der Waals surface area contributed by atoms with Crippen LogP contribution in [-0.2, 0) is 11.3 Å². The first-order chi connectivity index (χ1) is 11.7. The van der Waals surface area contributed by atoms with Crippen LogP contribution >= 0.6 is 11.6 Å². The Morgan fingerprint density at radius 3 is 3.04 bits per heavy atom. The summed E-state index contributed by atoms with van der Waals surface area (Å²) >= 11 is 6.32. The molecule has 1 saturated carbocycles. The van der Waals surface area contributed by atoms with Crippen molar-refractivity contribution in [2.24, 2.45) is 5.92 Å². The molecule has 1 N–H and O–H groups in total. The highest BCUT2D eigenvalue weighted by Gasteiger charge is 2.37. The van der Waals surface area contributed by atoms with Crippen LogP contribution in [0.5, 0.6) is 0 Å². The van der Waals surface area contributed by atoms with Crippen molar-refractivity contribution in [2.45, 2.75) is 38.0 Å². The summed E-state index contributed by atoms with van der Waals surface area (Å²) in [4.78, 5) is 7.01. The molecule has 0 amide bonds. The zero-order valence-electron chi connectivity index (χ0n) is 13.7. The number of aliphatic hydroxyl groups excluding tert-OH is 1. The van der Waals surface area contributed by atoms with Gasteiger partial charge in [0.15, 0.2) is 0 Å². The fourth-order valence-corrected chi connectivity index (χ4v) is 4.42. The van der Waals surface area contributed by atoms with Gasteiger partial charge in [0, 0.05) is 41.7 Å². The van der Waals surface area contributed by atoms with Crippen LogP contribution in [0.4, 0.5) is 0 Å². The van der Waals surface area contributed by atoms with Crippen molar-refractivity contribution in [1.82, 2.24) is 9.88 Å². The van der Waals surface area contributed by atoms with Gasteiger partial charge in [0.1, 0.15) is 0 Å². The number of nitrogens with zero attached hydrogens (tertiary/aromatic N) is 2. The van der Waals surface area contributed by atoms with Gasteiger partial charge in [0.05, 0.1) is 24.8 Å². The number of fused-ring (bicyclic) bond motifs is 1. The topological polar surface area (TPSA) is 45.6 Å². The normalized spacial score (nSPS) is 28.5. The second-order valence-corrected chi connectivity index (χ2v) is 7.29. The molecular formula is C19H23ClN2O2. The molecule has 2 aromatic rings. The van der Waals surface area contributed by atoms with Gasteiger partial charge in [-0.1, -0.05) is 24.1 Å². The van der Waals surface area contributed by atoms with Crippen molar-refractivity contribution >= 4 is 22.5 Å². The highest BCUT2D eigenvalue weighted by molar-refractivity contribution is 6.35. The van der Waals surface area contributed by atoms with Gasteiger partial charge in [0.2, 0.25) is 0 Å². The van der Waals surface area contributed by atoms with Crippen LogP contribution in [0.25, 0.3) is 10.9 Å². The molecule has 1 aromatic carbocycles. The first-order valence-electron chi connectivity index (χ1n) is 8.76. The Kier molecular flexibility index (Phi) is 4.72. The van der Waals surface area contributed by atoms with Crippen molar-refractivity contribution in [3.63, 3.8) is 0 Å². The molecule has 1 aliphatic heterocycles. The Hall–Kier alpha value is -1.20. The lowest BCUT2D eigenvalue weighted by Crippen LogP contribution is -2.50. The van der Waals surface area contributed by atoms with Crippen LogP contribution in [0.3, 0.4) is 0 Å². The van der Waals surface area contributed by atoms with E-state index < -0.39 is 0 Å². The third kappa shape index (κ3) is 3.04. The first-order valence-corrected chi connectivity index (χ1v) is 9.14. The summed E-state index contributed by atoms with van der Waals surface area (Å²) in [5.74, 6) is 0.317. The lowest BCUT2D eigenvalue weighted by atomic mass is 9.93. The van der Waals surface area contributed by atoms with E-state index in [9.17, 15) is 5.11 Å². The predicted molar refractivity (Wildman–Crippen MR) is 95.1 cm³/mol. The second kappa shape index (κ2) is 6.96. The molecule has 128 valence electrons. The molecule has 3 atom stereocenters. The van der Waals surface area contributed by atoms with Crippen molar-refractivity contribution in [3.8, 4) is 0 Å². The van der Waals surface area contributed by atoms with Crippen LogP contribution in [0.2, 0.25) is 5.02 Å². The summed E-state index contributed by atoms with van der Waals surface area (Å²) in [5.41, 5.74) is 2.16. The Labute approximate surface area is 147 Å². The molecule has 2 aliphatic rings. The number of ether oxygens (including phenoxy) is 1. The summed E-state index contributed by atoms with van der Waals surface area (Å²) in [6, 6.07) is 8.26. The fourth-order valence-electron chi connectivity index (χ4n) is 4.21. The van der Waals surface area contributed by atoms with E-state index in [4.69, 9.17) is 16.3 Å². The maximum atomic E-state index is 10.3. The second-order valence-electron chi connectivity index (χ2n) is 6.88. The largest absolute Gasteiger partial charge is 0.393 e. The summed E-state index contributed by atoms with van der Waals surface area (Å²) in [7, 11) is 0. The minimum Gasteiger partial charge on any atom is -0.393 e. The standard InChI is InChI=1S/C19H23ClN2O2/c20-16-7-6-13(19-14(16)4-2-8-21-19)11-22-9-10-24-12-17(22)15-3-1-5-18(15)23/h2,4,6-8,15,17-18,23H,1,3,5,9-12H2/t15-,17-,18-/m1/s1. The van der Waals surface area contributed by atoms with Gasteiger partial charge in [-0.15, -0.1) is 0 Å². The molecule has 24 heavy (non-hydrogen) atoms. The van der Waals surface area contributed by atoms with Crippen LogP contribution in [0.1, 0.15) is 24.8 Å². The number of morpholine rings is 1. The van der Waals surface area contributed by atoms with Crippen LogP contribution in [0, 0.1) is 5.92 Å². The molecule has 1 aliphatic carbocycles. The van der Waals surface area contributed by atoms with Gasteiger partial charge in [-0.05, 0) is 36.6 Å². The minimum atomic E-state index is -0.195. The number of hydrogen-bond donors (Lipinski definition) is 1. The highest BCUT2D eigenvalue weighted by Crippen LogP contribution is 2.33. The van der Waals surface area contributed by atoms with Gasteiger partial charge in [-0.2, -0.15) is 0 Å². The molecule has 5 heteroatoms. The minimum absolute atomic E-state index is 0.195. The van der Waals surface area contributed by atoms with E-state index in [1.807, 2.05) is 24.4 Å². The summed E-state index contributed by atoms with van der Waals surface area (Å²) in [6.45, 7) is 3.17. The number of benzene rings is 1. The monoisotopic (exact) mass is 346 g/mol. The maximum absolute atomic E-state index is 10.3. The first kappa shape index (κ1) is 16.3. The number of pyridine rings is 1. The lowest BCUT2D eigenvalue weighted by molar-refractivity contribution is -0.0535. The van der Waals surface area contributed by atoms with Crippen molar-refractivity contribution in [1.29, 1.82) is 0 Å². The number of rotatable bonds is 3. The molecule has 4 nitrogen and oxygen atoms in total. The van der Waals surface area contributed by atoms with Gasteiger partial charge in [-0.3, -0.25) is 9.88 Å². The van der Waals surface area contributed by atoms with E-state index >= 15 is 0 Å². The van der Waals surface area contributed by atoms with E-state index in [1.54, 1.807) is 0 Å². The Balaban J connectivity index is 1.62. The van der Waals surface area contributed by atoms with E-state index in [1.165, 1.54) is 5.56 Å². The lowest BCUT2D eigenvalue weighted by Gasteiger charge is -2.40. The van der Waals surface area contributed by atoms with Gasteiger partial charge >= 0.3 is 0 Å². The summed E-state index contributed by atoms with van der Waals surface area (Å²) in [5, 5.41) is 12.1. The highest BCUT2D eigenvalue weighted by atomic mass is 35.5. The Morgan fingerprint density at radius 1 is 1.29 bits per heavy atom. The maximum Gasteiger partial charge on any atom is 0.0761 e. The van der Waals surface area contributed by atoms with Crippen molar-refractivity contribution in [3.05, 3.63) is 41.0 Å². The molecule has 0 spiro atoms. The molecule has 1 saturated heterocycles. The average molecular weight is 347 g/mol. The number of halogens is 1. The van der Waals surface area contributed by atoms with Gasteiger partial charge < -0.3 is 9.84 Å². The molecule has 2 fully saturated rings. The molecular weight excluding hydrogens is 324 g/mol. The smallest absolute Gasteiger partial charge is 0.0761 e. The third-order valence-electron chi connectivity index (χ3n) is 5.48. The Morgan fingerprint density at radius 2 is 2.21 bits per heavy atom. The molecule has 4 rings (SSSR count). The molecule has 0 unspecified atom stereocenters. The molecule has 1 aromatic heterocycles. The number of aliphatic hydroxyl groups is 1. The van der Waals surface area contributed by atoms with Gasteiger partial charge in [-0.25, -0.2) is 0 Å². The molecule has 2 heterocycles. The van der Waals surface area contributed by atoms with Crippen molar-refractivity contribution in [2.75, 3.05) is 19.8 Å². The molecule has 0 bridgehead atoms. The van der Waals surface area contributed by atoms with Gasteiger partial charge in [0.25, 0.3) is 0 Å². The fraction of sp³-hybridized carbons (Fsp3) is 0.526. The predicted octanol–water partition coefficient (Wildman–Crippen LogP) is 3.25. The van der Waals surface area contributed by atoms with Crippen LogP contribution < -0.4 is 0 Å².